The maximum atomic E-state index is 11.7. The van der Waals surface area contributed by atoms with Crippen LogP contribution in [0.3, 0.4) is 0 Å². The fourth-order valence-electron chi connectivity index (χ4n) is 1.64. The molecule has 82 valence electrons. The molecular formula is C11H21NO2. The maximum absolute atomic E-state index is 11.7. The second kappa shape index (κ2) is 4.78. The van der Waals surface area contributed by atoms with E-state index in [4.69, 9.17) is 4.74 Å². The third-order valence-corrected chi connectivity index (χ3v) is 2.64. The topological polar surface area (TPSA) is 29.5 Å². The van der Waals surface area contributed by atoms with Gasteiger partial charge in [-0.2, -0.15) is 0 Å². The van der Waals surface area contributed by atoms with E-state index in [9.17, 15) is 4.79 Å². The summed E-state index contributed by atoms with van der Waals surface area (Å²) in [7, 11) is 0. The van der Waals surface area contributed by atoms with E-state index in [1.165, 1.54) is 0 Å². The lowest BCUT2D eigenvalue weighted by molar-refractivity contribution is -0.143. The first-order chi connectivity index (χ1) is 6.52. The highest BCUT2D eigenvalue weighted by atomic mass is 16.5. The first kappa shape index (κ1) is 11.5. The van der Waals surface area contributed by atoms with Crippen LogP contribution in [0.2, 0.25) is 0 Å². The fraction of sp³-hybridized carbons (Fsp3) is 0.909. The van der Waals surface area contributed by atoms with E-state index in [-0.39, 0.29) is 17.9 Å². The summed E-state index contributed by atoms with van der Waals surface area (Å²) < 4.78 is 5.61. The molecule has 1 aliphatic rings. The van der Waals surface area contributed by atoms with E-state index in [0.29, 0.717) is 12.5 Å². The van der Waals surface area contributed by atoms with Crippen molar-refractivity contribution in [2.24, 2.45) is 11.8 Å². The summed E-state index contributed by atoms with van der Waals surface area (Å²) >= 11 is 0. The van der Waals surface area contributed by atoms with E-state index < -0.39 is 0 Å². The summed E-state index contributed by atoms with van der Waals surface area (Å²) in [6.07, 6.45) is 0.214. The standard InChI is InChI=1S/C11H21NO2/c1-8(2)10-7-12(5-6-14-10)11(13)9(3)4/h8-10H,5-7H2,1-4H3/t10-/m0/s1. The van der Waals surface area contributed by atoms with Crippen LogP contribution in [-0.4, -0.2) is 36.6 Å². The Morgan fingerprint density at radius 2 is 2.00 bits per heavy atom. The Bertz CT molecular complexity index is 201. The van der Waals surface area contributed by atoms with Crippen LogP contribution in [0.15, 0.2) is 0 Å². The van der Waals surface area contributed by atoms with Crippen molar-refractivity contribution in [3.05, 3.63) is 0 Å². The second-order valence-corrected chi connectivity index (χ2v) is 4.59. The molecule has 0 aromatic heterocycles. The molecule has 1 rings (SSSR count). The van der Waals surface area contributed by atoms with Gasteiger partial charge in [-0.05, 0) is 5.92 Å². The van der Waals surface area contributed by atoms with Crippen LogP contribution in [0.5, 0.6) is 0 Å². The summed E-state index contributed by atoms with van der Waals surface area (Å²) in [6.45, 7) is 10.3. The number of hydrogen-bond acceptors (Lipinski definition) is 2. The molecule has 1 heterocycles. The summed E-state index contributed by atoms with van der Waals surface area (Å²) in [6, 6.07) is 0. The summed E-state index contributed by atoms with van der Waals surface area (Å²) in [5.74, 6) is 0.831. The molecule has 0 spiro atoms. The van der Waals surface area contributed by atoms with E-state index in [2.05, 4.69) is 13.8 Å². The van der Waals surface area contributed by atoms with Gasteiger partial charge in [-0.1, -0.05) is 27.7 Å². The monoisotopic (exact) mass is 199 g/mol. The number of ether oxygens (including phenoxy) is 1. The maximum Gasteiger partial charge on any atom is 0.225 e. The Hall–Kier alpha value is -0.570. The lowest BCUT2D eigenvalue weighted by atomic mass is 10.0. The van der Waals surface area contributed by atoms with E-state index in [1.807, 2.05) is 18.7 Å². The number of rotatable bonds is 2. The Balaban J connectivity index is 2.51. The minimum Gasteiger partial charge on any atom is -0.374 e. The molecule has 3 heteroatoms. The van der Waals surface area contributed by atoms with E-state index in [1.54, 1.807) is 0 Å². The zero-order valence-electron chi connectivity index (χ0n) is 9.62. The molecular weight excluding hydrogens is 178 g/mol. The largest absolute Gasteiger partial charge is 0.374 e. The van der Waals surface area contributed by atoms with Gasteiger partial charge in [0.25, 0.3) is 0 Å². The smallest absolute Gasteiger partial charge is 0.225 e. The van der Waals surface area contributed by atoms with Gasteiger partial charge in [0, 0.05) is 19.0 Å². The van der Waals surface area contributed by atoms with Crippen LogP contribution >= 0.6 is 0 Å². The van der Waals surface area contributed by atoms with Crippen LogP contribution in [0.4, 0.5) is 0 Å². The minimum absolute atomic E-state index is 0.0981. The zero-order chi connectivity index (χ0) is 10.7. The molecule has 14 heavy (non-hydrogen) atoms. The number of amides is 1. The average molecular weight is 199 g/mol. The van der Waals surface area contributed by atoms with Gasteiger partial charge >= 0.3 is 0 Å². The molecule has 0 unspecified atom stereocenters. The second-order valence-electron chi connectivity index (χ2n) is 4.59. The lowest BCUT2D eigenvalue weighted by Gasteiger charge is -2.35. The van der Waals surface area contributed by atoms with Gasteiger partial charge in [0.1, 0.15) is 0 Å². The van der Waals surface area contributed by atoms with Crippen LogP contribution < -0.4 is 0 Å². The van der Waals surface area contributed by atoms with Crippen LogP contribution in [0, 0.1) is 11.8 Å². The lowest BCUT2D eigenvalue weighted by Crippen LogP contribution is -2.48. The molecule has 1 atom stereocenters. The molecule has 1 amide bonds. The minimum atomic E-state index is 0.0981. The van der Waals surface area contributed by atoms with Gasteiger partial charge < -0.3 is 9.64 Å². The van der Waals surface area contributed by atoms with Crippen molar-refractivity contribution in [1.82, 2.24) is 4.90 Å². The number of carbonyl (C=O) groups excluding carboxylic acids is 1. The van der Waals surface area contributed by atoms with Crippen molar-refractivity contribution in [3.63, 3.8) is 0 Å². The predicted molar refractivity (Wildman–Crippen MR) is 56.0 cm³/mol. The Morgan fingerprint density at radius 1 is 1.36 bits per heavy atom. The van der Waals surface area contributed by atoms with Crippen LogP contribution in [0.1, 0.15) is 27.7 Å². The van der Waals surface area contributed by atoms with Gasteiger partial charge in [-0.25, -0.2) is 0 Å². The Kier molecular flexibility index (Phi) is 3.93. The highest BCUT2D eigenvalue weighted by Gasteiger charge is 2.27. The number of carbonyl (C=O) groups is 1. The number of morpholine rings is 1. The molecule has 0 N–H and O–H groups in total. The van der Waals surface area contributed by atoms with Crippen molar-refractivity contribution < 1.29 is 9.53 Å². The fourth-order valence-corrected chi connectivity index (χ4v) is 1.64. The number of nitrogens with zero attached hydrogens (tertiary/aromatic N) is 1. The summed E-state index contributed by atoms with van der Waals surface area (Å²) in [5.41, 5.74) is 0. The predicted octanol–water partition coefficient (Wildman–Crippen LogP) is 1.53. The average Bonchev–Trinajstić information content (AvgIpc) is 2.16. The van der Waals surface area contributed by atoms with Crippen molar-refractivity contribution in [2.75, 3.05) is 19.7 Å². The normalized spacial score (nSPS) is 23.3. The van der Waals surface area contributed by atoms with Crippen molar-refractivity contribution in [2.45, 2.75) is 33.8 Å². The molecule has 3 nitrogen and oxygen atoms in total. The molecule has 0 radical (unpaired) electrons. The number of hydrogen-bond donors (Lipinski definition) is 0. The van der Waals surface area contributed by atoms with Gasteiger partial charge in [0.05, 0.1) is 12.7 Å². The molecule has 1 aliphatic heterocycles. The zero-order valence-corrected chi connectivity index (χ0v) is 9.62. The van der Waals surface area contributed by atoms with E-state index in [0.717, 1.165) is 13.1 Å². The molecule has 1 fully saturated rings. The molecule has 1 saturated heterocycles. The summed E-state index contributed by atoms with van der Waals surface area (Å²) in [5, 5.41) is 0. The van der Waals surface area contributed by atoms with Crippen molar-refractivity contribution in [1.29, 1.82) is 0 Å². The first-order valence-corrected chi connectivity index (χ1v) is 5.42. The van der Waals surface area contributed by atoms with Gasteiger partial charge in [-0.3, -0.25) is 4.79 Å². The van der Waals surface area contributed by atoms with Gasteiger partial charge in [-0.15, -0.1) is 0 Å². The third-order valence-electron chi connectivity index (χ3n) is 2.64. The van der Waals surface area contributed by atoms with E-state index >= 15 is 0 Å². The molecule has 0 aliphatic carbocycles. The Morgan fingerprint density at radius 3 is 2.50 bits per heavy atom. The molecule has 0 bridgehead atoms. The van der Waals surface area contributed by atoms with Crippen molar-refractivity contribution in [3.8, 4) is 0 Å². The highest BCUT2D eigenvalue weighted by Crippen LogP contribution is 2.15. The van der Waals surface area contributed by atoms with Crippen molar-refractivity contribution >= 4 is 5.91 Å². The Labute approximate surface area is 86.4 Å². The molecule has 0 aromatic carbocycles. The van der Waals surface area contributed by atoms with Crippen LogP contribution in [-0.2, 0) is 9.53 Å². The highest BCUT2D eigenvalue weighted by molar-refractivity contribution is 5.78. The summed E-state index contributed by atoms with van der Waals surface area (Å²) in [4.78, 5) is 13.7. The SMILES string of the molecule is CC(C)C(=O)N1CCO[C@H](C(C)C)C1. The third kappa shape index (κ3) is 2.71. The molecule has 0 saturated carbocycles. The van der Waals surface area contributed by atoms with Gasteiger partial charge in [0.15, 0.2) is 0 Å². The first-order valence-electron chi connectivity index (χ1n) is 5.42. The quantitative estimate of drug-likeness (QED) is 0.675. The van der Waals surface area contributed by atoms with Gasteiger partial charge in [0.2, 0.25) is 5.91 Å². The molecule has 0 aromatic rings. The van der Waals surface area contributed by atoms with Crippen LogP contribution in [0.25, 0.3) is 0 Å².